The highest BCUT2D eigenvalue weighted by Gasteiger charge is 2.10. The summed E-state index contributed by atoms with van der Waals surface area (Å²) >= 11 is 0. The normalized spacial score (nSPS) is 13.9. The van der Waals surface area contributed by atoms with Gasteiger partial charge in [0.15, 0.2) is 11.5 Å². The second-order valence-electron chi connectivity index (χ2n) is 6.53. The number of benzene rings is 3. The molecule has 0 radical (unpaired) electrons. The predicted octanol–water partition coefficient (Wildman–Crippen LogP) is 5.35. The van der Waals surface area contributed by atoms with Gasteiger partial charge in [0.25, 0.3) is 0 Å². The summed E-state index contributed by atoms with van der Waals surface area (Å²) < 4.78 is 23.0. The summed E-state index contributed by atoms with van der Waals surface area (Å²) in [6, 6.07) is 19.9. The van der Waals surface area contributed by atoms with E-state index in [4.69, 9.17) is 18.9 Å². The van der Waals surface area contributed by atoms with Crippen LogP contribution in [0.1, 0.15) is 22.3 Å². The van der Waals surface area contributed by atoms with E-state index in [1.165, 1.54) is 0 Å². The third-order valence-corrected chi connectivity index (χ3v) is 4.69. The lowest BCUT2D eigenvalue weighted by molar-refractivity contribution is 0.273. The number of rotatable bonds is 2. The Kier molecular flexibility index (Phi) is 5.20. The van der Waals surface area contributed by atoms with Gasteiger partial charge in [-0.2, -0.15) is 0 Å². The molecule has 0 atom stereocenters. The Morgan fingerprint density at radius 3 is 2.21 bits per heavy atom. The summed E-state index contributed by atoms with van der Waals surface area (Å²) in [4.78, 5) is 0. The summed E-state index contributed by atoms with van der Waals surface area (Å²) in [5, 5.41) is 0. The van der Waals surface area contributed by atoms with Gasteiger partial charge in [-0.15, -0.1) is 0 Å². The fourth-order valence-electron chi connectivity index (χ4n) is 3.15. The zero-order chi connectivity index (χ0) is 19.3. The van der Waals surface area contributed by atoms with Crippen molar-refractivity contribution in [3.63, 3.8) is 0 Å². The maximum atomic E-state index is 6.09. The van der Waals surface area contributed by atoms with Crippen LogP contribution in [0.3, 0.4) is 0 Å². The average Bonchev–Trinajstić information content (AvgIpc) is 2.74. The summed E-state index contributed by atoms with van der Waals surface area (Å²) in [6.07, 6.45) is 4.06. The van der Waals surface area contributed by atoms with E-state index >= 15 is 0 Å². The molecule has 4 bridgehead atoms. The molecule has 0 amide bonds. The summed E-state index contributed by atoms with van der Waals surface area (Å²) in [5.74, 6) is 2.95. The van der Waals surface area contributed by atoms with Crippen LogP contribution in [0, 0.1) is 0 Å². The number of methoxy groups -OCH3 is 2. The van der Waals surface area contributed by atoms with Crippen LogP contribution in [-0.2, 0) is 13.2 Å². The maximum Gasteiger partial charge on any atom is 0.162 e. The Morgan fingerprint density at radius 1 is 0.714 bits per heavy atom. The fraction of sp³-hybridized carbons (Fsp3) is 0.167. The van der Waals surface area contributed by atoms with Crippen LogP contribution in [0.15, 0.2) is 60.7 Å². The van der Waals surface area contributed by atoms with Gasteiger partial charge in [-0.3, -0.25) is 0 Å². The molecule has 0 N–H and O–H groups in total. The molecule has 0 fully saturated rings. The highest BCUT2D eigenvalue weighted by atomic mass is 16.5. The average molecular weight is 374 g/mol. The Labute approximate surface area is 164 Å². The Bertz CT molecular complexity index is 1010. The molecule has 0 spiro atoms. The zero-order valence-corrected chi connectivity index (χ0v) is 16.0. The van der Waals surface area contributed by atoms with E-state index in [2.05, 4.69) is 12.1 Å². The number of hydrogen-bond donors (Lipinski definition) is 0. The molecule has 28 heavy (non-hydrogen) atoms. The van der Waals surface area contributed by atoms with E-state index in [9.17, 15) is 0 Å². The van der Waals surface area contributed by atoms with Crippen molar-refractivity contribution in [2.24, 2.45) is 0 Å². The van der Waals surface area contributed by atoms with Gasteiger partial charge < -0.3 is 18.9 Å². The monoisotopic (exact) mass is 374 g/mol. The summed E-state index contributed by atoms with van der Waals surface area (Å²) in [5.41, 5.74) is 4.17. The van der Waals surface area contributed by atoms with Crippen molar-refractivity contribution in [2.45, 2.75) is 13.2 Å². The predicted molar refractivity (Wildman–Crippen MR) is 110 cm³/mol. The smallest absolute Gasteiger partial charge is 0.162 e. The Balaban J connectivity index is 1.81. The maximum absolute atomic E-state index is 6.09. The van der Waals surface area contributed by atoms with Gasteiger partial charge in [0.1, 0.15) is 24.7 Å². The Hall–Kier alpha value is -3.40. The standard InChI is InChI=1S/C24H22O4/c1-25-21-11-18-8-7-17-9-10-23(26-2)24(13-17)28-16-20-6-4-3-5-19(20)15-27-22(12-18)14-21/h3-14H,15-16H2,1-2H3/b8-7-. The third-order valence-electron chi connectivity index (χ3n) is 4.69. The summed E-state index contributed by atoms with van der Waals surface area (Å²) in [6.45, 7) is 0.888. The minimum Gasteiger partial charge on any atom is -0.497 e. The molecule has 1 aliphatic heterocycles. The molecule has 0 saturated heterocycles. The lowest BCUT2D eigenvalue weighted by atomic mass is 10.1. The van der Waals surface area contributed by atoms with Gasteiger partial charge >= 0.3 is 0 Å². The molecule has 4 nitrogen and oxygen atoms in total. The van der Waals surface area contributed by atoms with Crippen LogP contribution < -0.4 is 18.9 Å². The van der Waals surface area contributed by atoms with Gasteiger partial charge in [-0.25, -0.2) is 0 Å². The summed E-state index contributed by atoms with van der Waals surface area (Å²) in [7, 11) is 3.31. The SMILES string of the molecule is COc1cc2cc(c1)OCc1ccccc1COc1cc(ccc1OC)/C=C\2. The van der Waals surface area contributed by atoms with Crippen LogP contribution in [0.5, 0.6) is 23.0 Å². The molecule has 1 aliphatic rings. The molecule has 0 saturated carbocycles. The molecule has 4 heteroatoms. The van der Waals surface area contributed by atoms with E-state index in [-0.39, 0.29) is 0 Å². The largest absolute Gasteiger partial charge is 0.497 e. The second kappa shape index (κ2) is 8.09. The van der Waals surface area contributed by atoms with E-state index in [1.54, 1.807) is 14.2 Å². The molecule has 0 aromatic heterocycles. The first-order valence-corrected chi connectivity index (χ1v) is 9.13. The van der Waals surface area contributed by atoms with Crippen LogP contribution in [0.2, 0.25) is 0 Å². The molecular weight excluding hydrogens is 352 g/mol. The van der Waals surface area contributed by atoms with Gasteiger partial charge in [-0.05, 0) is 46.5 Å². The number of ether oxygens (including phenoxy) is 4. The molecule has 142 valence electrons. The number of hydrogen-bond acceptors (Lipinski definition) is 4. The Morgan fingerprint density at radius 2 is 1.46 bits per heavy atom. The zero-order valence-electron chi connectivity index (χ0n) is 16.0. The molecule has 1 heterocycles. The van der Waals surface area contributed by atoms with Gasteiger partial charge in [-0.1, -0.05) is 42.5 Å². The minimum atomic E-state index is 0.437. The first kappa shape index (κ1) is 18.0. The van der Waals surface area contributed by atoms with Crippen molar-refractivity contribution in [2.75, 3.05) is 14.2 Å². The lowest BCUT2D eigenvalue weighted by Gasteiger charge is -2.15. The minimum absolute atomic E-state index is 0.437. The quantitative estimate of drug-likeness (QED) is 0.606. The molecule has 3 aromatic rings. The molecule has 0 unspecified atom stereocenters. The first-order chi connectivity index (χ1) is 13.7. The number of fused-ring (bicyclic) bond motifs is 5. The third kappa shape index (κ3) is 3.96. The van der Waals surface area contributed by atoms with Gasteiger partial charge in [0, 0.05) is 6.07 Å². The molecule has 3 aromatic carbocycles. The topological polar surface area (TPSA) is 36.9 Å². The molecule has 0 aliphatic carbocycles. The van der Waals surface area contributed by atoms with Crippen LogP contribution in [0.4, 0.5) is 0 Å². The van der Waals surface area contributed by atoms with Gasteiger partial charge in [0.2, 0.25) is 0 Å². The van der Waals surface area contributed by atoms with Crippen molar-refractivity contribution >= 4 is 12.2 Å². The second-order valence-corrected chi connectivity index (χ2v) is 6.53. The van der Waals surface area contributed by atoms with Crippen molar-refractivity contribution in [3.8, 4) is 23.0 Å². The van der Waals surface area contributed by atoms with Crippen molar-refractivity contribution in [3.05, 3.63) is 82.9 Å². The van der Waals surface area contributed by atoms with E-state index in [0.717, 1.165) is 33.8 Å². The molecular formula is C24H22O4. The van der Waals surface area contributed by atoms with E-state index in [1.807, 2.05) is 60.7 Å². The fourth-order valence-corrected chi connectivity index (χ4v) is 3.15. The lowest BCUT2D eigenvalue weighted by Crippen LogP contribution is -2.05. The van der Waals surface area contributed by atoms with Crippen molar-refractivity contribution < 1.29 is 18.9 Å². The van der Waals surface area contributed by atoms with E-state index < -0.39 is 0 Å². The molecule has 4 rings (SSSR count). The van der Waals surface area contributed by atoms with Crippen LogP contribution >= 0.6 is 0 Å². The highest BCUT2D eigenvalue weighted by molar-refractivity contribution is 5.72. The highest BCUT2D eigenvalue weighted by Crippen LogP contribution is 2.31. The van der Waals surface area contributed by atoms with Crippen LogP contribution in [0.25, 0.3) is 12.2 Å². The first-order valence-electron chi connectivity index (χ1n) is 9.13. The van der Waals surface area contributed by atoms with Gasteiger partial charge in [0.05, 0.1) is 14.2 Å². The van der Waals surface area contributed by atoms with E-state index in [0.29, 0.717) is 24.7 Å². The van der Waals surface area contributed by atoms with Crippen molar-refractivity contribution in [1.82, 2.24) is 0 Å². The van der Waals surface area contributed by atoms with Crippen LogP contribution in [-0.4, -0.2) is 14.2 Å². The van der Waals surface area contributed by atoms with Crippen molar-refractivity contribution in [1.29, 1.82) is 0 Å².